The molecule has 0 saturated carbocycles. The van der Waals surface area contributed by atoms with E-state index in [9.17, 15) is 13.2 Å². The molecule has 0 aliphatic heterocycles. The van der Waals surface area contributed by atoms with Crippen molar-refractivity contribution in [1.29, 1.82) is 0 Å². The molecule has 10 heteroatoms. The highest BCUT2D eigenvalue weighted by molar-refractivity contribution is 7.91. The number of rotatable bonds is 9. The summed E-state index contributed by atoms with van der Waals surface area (Å²) in [5, 5.41) is 10.0. The third kappa shape index (κ3) is 5.85. The summed E-state index contributed by atoms with van der Waals surface area (Å²) in [5.74, 6) is -0.367. The minimum absolute atomic E-state index is 0.126. The van der Waals surface area contributed by atoms with Crippen LogP contribution in [0.3, 0.4) is 0 Å². The van der Waals surface area contributed by atoms with Gasteiger partial charge in [-0.1, -0.05) is 29.0 Å². The highest BCUT2D eigenvalue weighted by Gasteiger charge is 2.20. The molecule has 0 spiro atoms. The van der Waals surface area contributed by atoms with Gasteiger partial charge in [-0.05, 0) is 32.4 Å². The first-order valence-corrected chi connectivity index (χ1v) is 10.0. The van der Waals surface area contributed by atoms with Crippen LogP contribution in [0.25, 0.3) is 0 Å². The topological polar surface area (TPSA) is 110 Å². The number of carbonyl (C=O) groups excluding carboxylic acids is 1. The molecule has 2 N–H and O–H groups in total. The number of hydrogen-bond donors (Lipinski definition) is 2. The zero-order chi connectivity index (χ0) is 18.3. The molecule has 0 aliphatic carbocycles. The molecule has 25 heavy (non-hydrogen) atoms. The first-order valence-electron chi connectivity index (χ1n) is 7.71. The predicted molar refractivity (Wildman–Crippen MR) is 95.3 cm³/mol. The number of aromatic nitrogens is 2. The van der Waals surface area contributed by atoms with Crippen molar-refractivity contribution in [2.75, 3.05) is 25.1 Å². The average Bonchev–Trinajstić information content (AvgIpc) is 3.04. The fraction of sp³-hybridized carbons (Fsp3) is 0.400. The average molecular weight is 384 g/mol. The van der Waals surface area contributed by atoms with E-state index in [1.54, 1.807) is 18.2 Å². The lowest BCUT2D eigenvalue weighted by Crippen LogP contribution is -2.25. The lowest BCUT2D eigenvalue weighted by atomic mass is 10.1. The molecule has 0 unspecified atom stereocenters. The van der Waals surface area contributed by atoms with Crippen LogP contribution >= 0.6 is 11.3 Å². The van der Waals surface area contributed by atoms with Gasteiger partial charge in [-0.2, -0.15) is 0 Å². The van der Waals surface area contributed by atoms with Crippen molar-refractivity contribution < 1.29 is 17.9 Å². The van der Waals surface area contributed by atoms with Crippen LogP contribution in [-0.2, 0) is 14.8 Å². The van der Waals surface area contributed by atoms with Gasteiger partial charge >= 0.3 is 0 Å². The van der Waals surface area contributed by atoms with Crippen LogP contribution in [-0.4, -0.2) is 44.3 Å². The van der Waals surface area contributed by atoms with Crippen LogP contribution in [0.5, 0.6) is 0 Å². The van der Waals surface area contributed by atoms with Gasteiger partial charge in [-0.25, -0.2) is 13.1 Å². The largest absolute Gasteiger partial charge is 0.382 e. The van der Waals surface area contributed by atoms with Crippen molar-refractivity contribution in [1.82, 2.24) is 14.9 Å². The Labute approximate surface area is 150 Å². The molecule has 2 aromatic rings. The Morgan fingerprint density at radius 1 is 1.32 bits per heavy atom. The number of ether oxygens (including phenoxy) is 1. The van der Waals surface area contributed by atoms with Gasteiger partial charge in [0, 0.05) is 25.3 Å². The van der Waals surface area contributed by atoms with Gasteiger partial charge in [0.05, 0.1) is 0 Å². The highest BCUT2D eigenvalue weighted by atomic mass is 32.2. The molecule has 0 saturated heterocycles. The van der Waals surface area contributed by atoms with Crippen molar-refractivity contribution >= 4 is 32.4 Å². The van der Waals surface area contributed by atoms with E-state index < -0.39 is 10.0 Å². The summed E-state index contributed by atoms with van der Waals surface area (Å²) in [7, 11) is -3.75. The predicted octanol–water partition coefficient (Wildman–Crippen LogP) is 1.80. The molecule has 0 radical (unpaired) electrons. The maximum Gasteiger partial charge on any atom is 0.269 e. The number of amides is 1. The first-order chi connectivity index (χ1) is 11.9. The molecule has 0 fully saturated rings. The van der Waals surface area contributed by atoms with Crippen LogP contribution < -0.4 is 10.0 Å². The van der Waals surface area contributed by atoms with E-state index in [0.29, 0.717) is 25.2 Å². The van der Waals surface area contributed by atoms with E-state index in [0.717, 1.165) is 16.9 Å². The Kier molecular flexibility index (Phi) is 7.00. The minimum Gasteiger partial charge on any atom is -0.382 e. The fourth-order valence-corrected chi connectivity index (χ4v) is 3.92. The maximum absolute atomic E-state index is 12.1. The summed E-state index contributed by atoms with van der Waals surface area (Å²) in [4.78, 5) is 12.1. The van der Waals surface area contributed by atoms with Crippen LogP contribution in [0.1, 0.15) is 29.3 Å². The lowest BCUT2D eigenvalue weighted by Gasteiger charge is -2.03. The molecule has 136 valence electrons. The molecule has 1 aromatic carbocycles. The molecule has 8 nitrogen and oxygen atoms in total. The van der Waals surface area contributed by atoms with Crippen molar-refractivity contribution in [2.24, 2.45) is 0 Å². The van der Waals surface area contributed by atoms with E-state index in [2.05, 4.69) is 20.2 Å². The molecule has 1 amide bonds. The van der Waals surface area contributed by atoms with Gasteiger partial charge in [-0.3, -0.25) is 10.1 Å². The SMILES string of the molecule is CCOCCCNS(=O)(=O)c1nnc(NC(=O)c2cccc(C)c2)s1. The molecule has 2 rings (SSSR count). The molecular weight excluding hydrogens is 364 g/mol. The molecule has 1 aromatic heterocycles. The number of sulfonamides is 1. The molecule has 0 atom stereocenters. The Balaban J connectivity index is 1.95. The molecular formula is C15H20N4O4S2. The van der Waals surface area contributed by atoms with Crippen molar-refractivity contribution in [3.05, 3.63) is 35.4 Å². The Morgan fingerprint density at radius 2 is 2.12 bits per heavy atom. The molecule has 0 aliphatic rings. The van der Waals surface area contributed by atoms with E-state index >= 15 is 0 Å². The quantitative estimate of drug-likeness (QED) is 0.504. The minimum atomic E-state index is -3.75. The number of anilines is 1. The maximum atomic E-state index is 12.1. The van der Waals surface area contributed by atoms with Gasteiger partial charge in [0.1, 0.15) is 0 Å². The Hall–Kier alpha value is -1.88. The smallest absolute Gasteiger partial charge is 0.269 e. The third-order valence-electron chi connectivity index (χ3n) is 3.10. The van der Waals surface area contributed by atoms with Crippen molar-refractivity contribution in [3.63, 3.8) is 0 Å². The van der Waals surface area contributed by atoms with E-state index in [4.69, 9.17) is 4.74 Å². The number of aryl methyl sites for hydroxylation is 1. The number of nitrogens with one attached hydrogen (secondary N) is 2. The van der Waals surface area contributed by atoms with Gasteiger partial charge in [0.15, 0.2) is 0 Å². The van der Waals surface area contributed by atoms with Gasteiger partial charge < -0.3 is 4.74 Å². The number of nitrogens with zero attached hydrogens (tertiary/aromatic N) is 2. The summed E-state index contributed by atoms with van der Waals surface area (Å²) >= 11 is 0.799. The second-order valence-corrected chi connectivity index (χ2v) is 8.06. The summed E-state index contributed by atoms with van der Waals surface area (Å²) in [5.41, 5.74) is 1.41. The van der Waals surface area contributed by atoms with Gasteiger partial charge in [0.25, 0.3) is 15.9 Å². The van der Waals surface area contributed by atoms with Crippen LogP contribution in [0.15, 0.2) is 28.6 Å². The van der Waals surface area contributed by atoms with Gasteiger partial charge in [0.2, 0.25) is 9.47 Å². The zero-order valence-electron chi connectivity index (χ0n) is 14.0. The summed E-state index contributed by atoms with van der Waals surface area (Å²) in [6.45, 7) is 5.06. The fourth-order valence-electron chi connectivity index (χ4n) is 1.91. The van der Waals surface area contributed by atoms with E-state index in [-0.39, 0.29) is 21.9 Å². The third-order valence-corrected chi connectivity index (χ3v) is 5.77. The molecule has 1 heterocycles. The summed E-state index contributed by atoms with van der Waals surface area (Å²) in [6.07, 6.45) is 0.558. The van der Waals surface area contributed by atoms with E-state index in [1.807, 2.05) is 19.9 Å². The van der Waals surface area contributed by atoms with Crippen LogP contribution in [0.4, 0.5) is 5.13 Å². The number of benzene rings is 1. The van der Waals surface area contributed by atoms with Crippen LogP contribution in [0.2, 0.25) is 0 Å². The van der Waals surface area contributed by atoms with Crippen molar-refractivity contribution in [2.45, 2.75) is 24.6 Å². The summed E-state index contributed by atoms with van der Waals surface area (Å²) in [6, 6.07) is 7.05. The lowest BCUT2D eigenvalue weighted by molar-refractivity contribution is 0.102. The Morgan fingerprint density at radius 3 is 2.84 bits per heavy atom. The monoisotopic (exact) mass is 384 g/mol. The zero-order valence-corrected chi connectivity index (χ0v) is 15.6. The number of hydrogen-bond acceptors (Lipinski definition) is 7. The second-order valence-electron chi connectivity index (χ2n) is 5.14. The first kappa shape index (κ1) is 19.4. The normalized spacial score (nSPS) is 11.4. The van der Waals surface area contributed by atoms with Crippen molar-refractivity contribution in [3.8, 4) is 0 Å². The summed E-state index contributed by atoms with van der Waals surface area (Å²) < 4.78 is 31.6. The van der Waals surface area contributed by atoms with E-state index in [1.165, 1.54) is 0 Å². The highest BCUT2D eigenvalue weighted by Crippen LogP contribution is 2.20. The standard InChI is InChI=1S/C15H20N4O4S2/c1-3-23-9-5-8-16-25(21,22)15-19-18-14(24-15)17-13(20)12-7-4-6-11(2)10-12/h4,6-7,10,16H,3,5,8-9H2,1-2H3,(H,17,18,20). The number of carbonyl (C=O) groups is 1. The second kappa shape index (κ2) is 8.99. The molecule has 0 bridgehead atoms. The van der Waals surface area contributed by atoms with Crippen LogP contribution in [0, 0.1) is 6.92 Å². The van der Waals surface area contributed by atoms with Gasteiger partial charge in [-0.15, -0.1) is 10.2 Å². The Bertz CT molecular complexity index is 820.